The first-order valence-electron chi connectivity index (χ1n) is 8.74. The van der Waals surface area contributed by atoms with Gasteiger partial charge in [0.1, 0.15) is 5.82 Å². The zero-order chi connectivity index (χ0) is 17.8. The Kier molecular flexibility index (Phi) is 3.46. The summed E-state index contributed by atoms with van der Waals surface area (Å²) in [6.07, 6.45) is 2.39. The van der Waals surface area contributed by atoms with E-state index in [9.17, 15) is 9.18 Å². The van der Waals surface area contributed by atoms with Crippen LogP contribution in [0.2, 0.25) is 0 Å². The zero-order valence-electron chi connectivity index (χ0n) is 14.8. The van der Waals surface area contributed by atoms with E-state index in [0.29, 0.717) is 23.6 Å². The average molecular weight is 339 g/mol. The molecule has 4 rings (SSSR count). The molecule has 1 aromatic carbocycles. The smallest absolute Gasteiger partial charge is 0.220 e. The minimum Gasteiger partial charge on any atom is -0.359 e. The van der Waals surface area contributed by atoms with Gasteiger partial charge in [0, 0.05) is 24.4 Å². The van der Waals surface area contributed by atoms with E-state index in [2.05, 4.69) is 29.4 Å². The van der Waals surface area contributed by atoms with Crippen molar-refractivity contribution in [2.75, 3.05) is 7.05 Å². The molecule has 1 heterocycles. The van der Waals surface area contributed by atoms with Crippen LogP contribution in [-0.4, -0.2) is 23.2 Å². The lowest BCUT2D eigenvalue weighted by Gasteiger charge is -2.37. The minimum absolute atomic E-state index is 0.0292. The van der Waals surface area contributed by atoms with E-state index in [-0.39, 0.29) is 22.6 Å². The van der Waals surface area contributed by atoms with E-state index in [0.717, 1.165) is 24.1 Å². The van der Waals surface area contributed by atoms with Gasteiger partial charge >= 0.3 is 0 Å². The molecule has 25 heavy (non-hydrogen) atoms. The molecule has 1 N–H and O–H groups in total. The van der Waals surface area contributed by atoms with Gasteiger partial charge in [-0.3, -0.25) is 4.79 Å². The molecule has 4 nitrogen and oxygen atoms in total. The van der Waals surface area contributed by atoms with Crippen molar-refractivity contribution in [2.45, 2.75) is 44.4 Å². The number of nitrogens with zero attached hydrogens (tertiary/aromatic N) is 2. The number of amides is 1. The van der Waals surface area contributed by atoms with Crippen LogP contribution in [0, 0.1) is 11.2 Å². The van der Waals surface area contributed by atoms with E-state index < -0.39 is 0 Å². The molecule has 0 spiro atoms. The van der Waals surface area contributed by atoms with Gasteiger partial charge < -0.3 is 5.32 Å². The van der Waals surface area contributed by atoms with E-state index >= 15 is 0 Å². The third kappa shape index (κ3) is 2.08. The monoisotopic (exact) mass is 339 g/mol. The summed E-state index contributed by atoms with van der Waals surface area (Å²) in [5, 5.41) is 11.6. The number of benzene rings is 1. The molecule has 1 saturated carbocycles. The molecule has 0 unspecified atom stereocenters. The van der Waals surface area contributed by atoms with Crippen LogP contribution in [-0.2, 0) is 10.2 Å². The first-order valence-corrected chi connectivity index (χ1v) is 8.74. The molecule has 0 radical (unpaired) electrons. The lowest BCUT2D eigenvalue weighted by molar-refractivity contribution is -0.122. The summed E-state index contributed by atoms with van der Waals surface area (Å²) in [4.78, 5) is 12.2. The van der Waals surface area contributed by atoms with E-state index in [1.54, 1.807) is 25.2 Å². The molecule has 2 aliphatic carbocycles. The van der Waals surface area contributed by atoms with Gasteiger partial charge in [0.2, 0.25) is 5.91 Å². The summed E-state index contributed by atoms with van der Waals surface area (Å²) in [5.41, 5.74) is 2.75. The van der Waals surface area contributed by atoms with Crippen LogP contribution in [0.15, 0.2) is 30.3 Å². The Morgan fingerprint density at radius 1 is 1.32 bits per heavy atom. The van der Waals surface area contributed by atoms with Gasteiger partial charge in [-0.1, -0.05) is 26.0 Å². The van der Waals surface area contributed by atoms with Crippen LogP contribution in [0.5, 0.6) is 0 Å². The molecule has 2 aromatic rings. The van der Waals surface area contributed by atoms with Crippen molar-refractivity contribution in [3.63, 3.8) is 0 Å². The molecule has 2 atom stereocenters. The number of hydrogen-bond donors (Lipinski definition) is 1. The van der Waals surface area contributed by atoms with Gasteiger partial charge in [-0.05, 0) is 47.9 Å². The number of rotatable bonds is 3. The number of carbonyl (C=O) groups excluding carboxylic acids is 1. The van der Waals surface area contributed by atoms with Gasteiger partial charge in [0.15, 0.2) is 0 Å². The molecule has 5 heteroatoms. The van der Waals surface area contributed by atoms with Gasteiger partial charge in [0.25, 0.3) is 0 Å². The fraction of sp³-hybridized carbons (Fsp3) is 0.450. The predicted octanol–water partition coefficient (Wildman–Crippen LogP) is 3.57. The Labute approximate surface area is 146 Å². The molecule has 2 aliphatic rings. The molecular weight excluding hydrogens is 317 g/mol. The summed E-state index contributed by atoms with van der Waals surface area (Å²) >= 11 is 0. The van der Waals surface area contributed by atoms with Crippen molar-refractivity contribution in [1.82, 2.24) is 15.5 Å². The van der Waals surface area contributed by atoms with Crippen LogP contribution in [0.25, 0.3) is 11.3 Å². The zero-order valence-corrected chi connectivity index (χ0v) is 14.8. The van der Waals surface area contributed by atoms with Crippen LogP contribution in [0.3, 0.4) is 0 Å². The lowest BCUT2D eigenvalue weighted by Crippen LogP contribution is -2.40. The van der Waals surface area contributed by atoms with Crippen molar-refractivity contribution >= 4 is 5.91 Å². The number of halogens is 1. The van der Waals surface area contributed by atoms with Crippen molar-refractivity contribution in [3.8, 4) is 11.3 Å². The summed E-state index contributed by atoms with van der Waals surface area (Å²) in [6, 6.07) is 8.62. The summed E-state index contributed by atoms with van der Waals surface area (Å²) in [5.74, 6) is 0.0639. The SMILES string of the molecule is CNC(=O)C[C@]12CC[C@H](c3cc(-c4ccccc4F)nnc31)C2(C)C. The van der Waals surface area contributed by atoms with Crippen LogP contribution in [0.1, 0.15) is 50.3 Å². The highest BCUT2D eigenvalue weighted by atomic mass is 19.1. The topological polar surface area (TPSA) is 54.9 Å². The largest absolute Gasteiger partial charge is 0.359 e. The maximum atomic E-state index is 14.1. The molecule has 1 fully saturated rings. The summed E-state index contributed by atoms with van der Waals surface area (Å²) in [7, 11) is 1.67. The standard InChI is InChI=1S/C20H22FN3O/c1-19(2)14-8-9-20(19,11-17(25)22-3)18-13(14)10-16(23-24-18)12-6-4-5-7-15(12)21/h4-7,10,14H,8-9,11H2,1-3H3,(H,22,25)/t14-,20-/m1/s1. The second-order valence-electron chi connectivity index (χ2n) is 7.76. The third-order valence-corrected chi connectivity index (χ3v) is 6.51. The third-order valence-electron chi connectivity index (χ3n) is 6.51. The van der Waals surface area contributed by atoms with Crippen molar-refractivity contribution in [1.29, 1.82) is 0 Å². The Bertz CT molecular complexity index is 864. The van der Waals surface area contributed by atoms with Crippen molar-refractivity contribution < 1.29 is 9.18 Å². The minimum atomic E-state index is -0.292. The highest BCUT2D eigenvalue weighted by Crippen LogP contribution is 2.68. The van der Waals surface area contributed by atoms with Crippen LogP contribution in [0.4, 0.5) is 4.39 Å². The molecule has 1 amide bonds. The highest BCUT2D eigenvalue weighted by Gasteiger charge is 2.63. The fourth-order valence-corrected chi connectivity index (χ4v) is 4.98. The molecule has 0 aliphatic heterocycles. The Morgan fingerprint density at radius 2 is 2.08 bits per heavy atom. The van der Waals surface area contributed by atoms with Crippen LogP contribution >= 0.6 is 0 Å². The van der Waals surface area contributed by atoms with E-state index in [1.807, 2.05) is 6.07 Å². The Morgan fingerprint density at radius 3 is 2.80 bits per heavy atom. The number of fused-ring (bicyclic) bond motifs is 5. The van der Waals surface area contributed by atoms with Gasteiger partial charge in [-0.2, -0.15) is 10.2 Å². The van der Waals surface area contributed by atoms with Gasteiger partial charge in [-0.15, -0.1) is 0 Å². The molecule has 0 saturated heterocycles. The molecule has 2 bridgehead atoms. The lowest BCUT2D eigenvalue weighted by atomic mass is 9.66. The number of carbonyl (C=O) groups is 1. The quantitative estimate of drug-likeness (QED) is 0.930. The molecule has 130 valence electrons. The van der Waals surface area contributed by atoms with E-state index in [4.69, 9.17) is 0 Å². The predicted molar refractivity (Wildman–Crippen MR) is 93.5 cm³/mol. The average Bonchev–Trinajstić information content (AvgIpc) is 2.95. The fourth-order valence-electron chi connectivity index (χ4n) is 4.98. The Balaban J connectivity index is 1.84. The number of hydrogen-bond acceptors (Lipinski definition) is 3. The number of aromatic nitrogens is 2. The Hall–Kier alpha value is -2.30. The number of nitrogens with one attached hydrogen (secondary N) is 1. The van der Waals surface area contributed by atoms with Gasteiger partial charge in [0.05, 0.1) is 11.4 Å². The second kappa shape index (κ2) is 5.35. The normalized spacial score (nSPS) is 25.7. The van der Waals surface area contributed by atoms with E-state index in [1.165, 1.54) is 6.07 Å². The summed E-state index contributed by atoms with van der Waals surface area (Å²) in [6.45, 7) is 4.44. The van der Waals surface area contributed by atoms with Crippen LogP contribution < -0.4 is 5.32 Å². The van der Waals surface area contributed by atoms with Crippen molar-refractivity contribution in [3.05, 3.63) is 47.4 Å². The molecule has 1 aromatic heterocycles. The second-order valence-corrected chi connectivity index (χ2v) is 7.76. The van der Waals surface area contributed by atoms with Gasteiger partial charge in [-0.25, -0.2) is 4.39 Å². The van der Waals surface area contributed by atoms with Crippen molar-refractivity contribution in [2.24, 2.45) is 5.41 Å². The maximum Gasteiger partial charge on any atom is 0.220 e. The first-order chi connectivity index (χ1) is 11.9. The molecular formula is C20H22FN3O. The first kappa shape index (κ1) is 16.2. The maximum absolute atomic E-state index is 14.1. The highest BCUT2D eigenvalue weighted by molar-refractivity contribution is 5.78. The summed E-state index contributed by atoms with van der Waals surface area (Å²) < 4.78 is 14.1.